The van der Waals surface area contributed by atoms with Gasteiger partial charge in [-0.3, -0.25) is 0 Å². The fourth-order valence-electron chi connectivity index (χ4n) is 2.88. The Bertz CT molecular complexity index is 612. The summed E-state index contributed by atoms with van der Waals surface area (Å²) >= 11 is 0. The Morgan fingerprint density at radius 2 is 1.78 bits per heavy atom. The Morgan fingerprint density at radius 1 is 1.09 bits per heavy atom. The SMILES string of the molecule is CN(CCC(Oc1ccccc1F)C1CC1)Cc1ccccc1. The van der Waals surface area contributed by atoms with E-state index in [0.717, 1.165) is 19.5 Å². The van der Waals surface area contributed by atoms with Crippen molar-refractivity contribution >= 4 is 0 Å². The third-order valence-electron chi connectivity index (χ3n) is 4.35. The summed E-state index contributed by atoms with van der Waals surface area (Å²) in [4.78, 5) is 2.30. The number of hydrogen-bond donors (Lipinski definition) is 0. The number of para-hydroxylation sites is 1. The molecule has 0 aromatic heterocycles. The van der Waals surface area contributed by atoms with E-state index < -0.39 is 0 Å². The molecule has 1 aliphatic carbocycles. The fourth-order valence-corrected chi connectivity index (χ4v) is 2.88. The van der Waals surface area contributed by atoms with Gasteiger partial charge in [0, 0.05) is 13.1 Å². The normalized spacial score (nSPS) is 15.6. The van der Waals surface area contributed by atoms with Crippen LogP contribution in [0.1, 0.15) is 24.8 Å². The third kappa shape index (κ3) is 4.80. The van der Waals surface area contributed by atoms with Gasteiger partial charge in [-0.1, -0.05) is 42.5 Å². The molecule has 1 aliphatic rings. The van der Waals surface area contributed by atoms with E-state index in [4.69, 9.17) is 4.74 Å². The molecule has 122 valence electrons. The first-order valence-electron chi connectivity index (χ1n) is 8.36. The monoisotopic (exact) mass is 313 g/mol. The van der Waals surface area contributed by atoms with Gasteiger partial charge >= 0.3 is 0 Å². The molecule has 0 aliphatic heterocycles. The minimum atomic E-state index is -0.268. The number of ether oxygens (including phenoxy) is 1. The van der Waals surface area contributed by atoms with Crippen LogP contribution in [-0.4, -0.2) is 24.6 Å². The van der Waals surface area contributed by atoms with E-state index >= 15 is 0 Å². The lowest BCUT2D eigenvalue weighted by atomic mass is 10.1. The summed E-state index contributed by atoms with van der Waals surface area (Å²) in [7, 11) is 2.13. The predicted octanol–water partition coefficient (Wildman–Crippen LogP) is 4.51. The summed E-state index contributed by atoms with van der Waals surface area (Å²) in [5.74, 6) is 0.700. The van der Waals surface area contributed by atoms with Crippen molar-refractivity contribution in [3.63, 3.8) is 0 Å². The fraction of sp³-hybridized carbons (Fsp3) is 0.400. The Balaban J connectivity index is 1.53. The van der Waals surface area contributed by atoms with Gasteiger partial charge in [-0.05, 0) is 49.9 Å². The Morgan fingerprint density at radius 3 is 2.48 bits per heavy atom. The molecule has 0 spiro atoms. The van der Waals surface area contributed by atoms with Crippen molar-refractivity contribution in [1.29, 1.82) is 0 Å². The zero-order chi connectivity index (χ0) is 16.1. The average Bonchev–Trinajstić information content (AvgIpc) is 3.39. The first kappa shape index (κ1) is 16.0. The highest BCUT2D eigenvalue weighted by atomic mass is 19.1. The summed E-state index contributed by atoms with van der Waals surface area (Å²) in [5, 5.41) is 0. The summed E-state index contributed by atoms with van der Waals surface area (Å²) in [6.07, 6.45) is 3.44. The number of halogens is 1. The molecule has 1 fully saturated rings. The molecule has 2 aromatic rings. The molecule has 0 amide bonds. The minimum Gasteiger partial charge on any atom is -0.487 e. The van der Waals surface area contributed by atoms with Crippen molar-refractivity contribution < 1.29 is 9.13 Å². The molecule has 0 radical (unpaired) electrons. The maximum atomic E-state index is 13.8. The van der Waals surface area contributed by atoms with Gasteiger partial charge in [0.2, 0.25) is 0 Å². The summed E-state index contributed by atoms with van der Waals surface area (Å²) in [6, 6.07) is 17.2. The molecule has 3 heteroatoms. The van der Waals surface area contributed by atoms with Crippen molar-refractivity contribution in [2.24, 2.45) is 5.92 Å². The quantitative estimate of drug-likeness (QED) is 0.711. The average molecular weight is 313 g/mol. The van der Waals surface area contributed by atoms with E-state index in [1.807, 2.05) is 12.1 Å². The molecule has 1 saturated carbocycles. The number of nitrogens with zero attached hydrogens (tertiary/aromatic N) is 1. The molecule has 0 heterocycles. The Kier molecular flexibility index (Phi) is 5.29. The zero-order valence-corrected chi connectivity index (χ0v) is 13.6. The predicted molar refractivity (Wildman–Crippen MR) is 90.9 cm³/mol. The first-order chi connectivity index (χ1) is 11.2. The van der Waals surface area contributed by atoms with Crippen LogP contribution in [0.25, 0.3) is 0 Å². The second kappa shape index (κ2) is 7.60. The second-order valence-corrected chi connectivity index (χ2v) is 6.44. The molecule has 1 atom stereocenters. The third-order valence-corrected chi connectivity index (χ3v) is 4.35. The van der Waals surface area contributed by atoms with Crippen LogP contribution in [0.3, 0.4) is 0 Å². The van der Waals surface area contributed by atoms with Crippen molar-refractivity contribution in [2.45, 2.75) is 31.9 Å². The van der Waals surface area contributed by atoms with Crippen LogP contribution in [0.15, 0.2) is 54.6 Å². The van der Waals surface area contributed by atoms with Crippen molar-refractivity contribution in [3.8, 4) is 5.75 Å². The molecule has 3 rings (SSSR count). The van der Waals surface area contributed by atoms with Gasteiger partial charge in [0.15, 0.2) is 11.6 Å². The van der Waals surface area contributed by atoms with Crippen LogP contribution < -0.4 is 4.74 Å². The lowest BCUT2D eigenvalue weighted by molar-refractivity contribution is 0.143. The highest BCUT2D eigenvalue weighted by Crippen LogP contribution is 2.37. The zero-order valence-electron chi connectivity index (χ0n) is 13.6. The van der Waals surface area contributed by atoms with Crippen LogP contribution in [0, 0.1) is 11.7 Å². The topological polar surface area (TPSA) is 12.5 Å². The molecule has 0 saturated heterocycles. The van der Waals surface area contributed by atoms with Crippen LogP contribution in [0.4, 0.5) is 4.39 Å². The molecule has 0 N–H and O–H groups in total. The van der Waals surface area contributed by atoms with E-state index in [1.165, 1.54) is 24.5 Å². The van der Waals surface area contributed by atoms with Crippen LogP contribution in [0.2, 0.25) is 0 Å². The number of rotatable bonds is 8. The van der Waals surface area contributed by atoms with Crippen LogP contribution in [-0.2, 0) is 6.54 Å². The van der Waals surface area contributed by atoms with E-state index in [1.54, 1.807) is 12.1 Å². The van der Waals surface area contributed by atoms with Crippen molar-refractivity contribution in [2.75, 3.05) is 13.6 Å². The highest BCUT2D eigenvalue weighted by Gasteiger charge is 2.33. The standard InChI is InChI=1S/C20H24FNO/c1-22(15-16-7-3-2-4-8-16)14-13-19(17-11-12-17)23-20-10-6-5-9-18(20)21/h2-10,17,19H,11-15H2,1H3. The van der Waals surface area contributed by atoms with Gasteiger partial charge in [-0.2, -0.15) is 0 Å². The molecule has 23 heavy (non-hydrogen) atoms. The minimum absolute atomic E-state index is 0.116. The molecule has 2 nitrogen and oxygen atoms in total. The van der Waals surface area contributed by atoms with Gasteiger partial charge in [0.25, 0.3) is 0 Å². The van der Waals surface area contributed by atoms with Crippen LogP contribution >= 0.6 is 0 Å². The van der Waals surface area contributed by atoms with E-state index in [-0.39, 0.29) is 11.9 Å². The van der Waals surface area contributed by atoms with Gasteiger partial charge < -0.3 is 9.64 Å². The lowest BCUT2D eigenvalue weighted by Gasteiger charge is -2.23. The largest absolute Gasteiger partial charge is 0.487 e. The highest BCUT2D eigenvalue weighted by molar-refractivity contribution is 5.24. The molecular weight excluding hydrogens is 289 g/mol. The maximum absolute atomic E-state index is 13.8. The Hall–Kier alpha value is -1.87. The number of hydrogen-bond acceptors (Lipinski definition) is 2. The van der Waals surface area contributed by atoms with Crippen LogP contribution in [0.5, 0.6) is 5.75 Å². The lowest BCUT2D eigenvalue weighted by Crippen LogP contribution is -2.27. The first-order valence-corrected chi connectivity index (χ1v) is 8.36. The van der Waals surface area contributed by atoms with E-state index in [2.05, 4.69) is 36.2 Å². The molecule has 2 aromatic carbocycles. The van der Waals surface area contributed by atoms with E-state index in [9.17, 15) is 4.39 Å². The molecule has 0 bridgehead atoms. The van der Waals surface area contributed by atoms with Gasteiger partial charge in [0.05, 0.1) is 0 Å². The van der Waals surface area contributed by atoms with Crippen molar-refractivity contribution in [1.82, 2.24) is 4.90 Å². The van der Waals surface area contributed by atoms with E-state index in [0.29, 0.717) is 11.7 Å². The molecular formula is C20H24FNO. The summed E-state index contributed by atoms with van der Waals surface area (Å²) < 4.78 is 19.8. The van der Waals surface area contributed by atoms with Gasteiger partial charge in [0.1, 0.15) is 6.10 Å². The van der Waals surface area contributed by atoms with Crippen molar-refractivity contribution in [3.05, 3.63) is 66.0 Å². The summed E-state index contributed by atoms with van der Waals surface area (Å²) in [6.45, 7) is 1.88. The maximum Gasteiger partial charge on any atom is 0.165 e. The smallest absolute Gasteiger partial charge is 0.165 e. The molecule has 1 unspecified atom stereocenters. The second-order valence-electron chi connectivity index (χ2n) is 6.44. The number of benzene rings is 2. The van der Waals surface area contributed by atoms with Gasteiger partial charge in [-0.25, -0.2) is 4.39 Å². The summed E-state index contributed by atoms with van der Waals surface area (Å²) in [5.41, 5.74) is 1.31. The Labute approximate surface area is 137 Å². The van der Waals surface area contributed by atoms with Gasteiger partial charge in [-0.15, -0.1) is 0 Å².